The summed E-state index contributed by atoms with van der Waals surface area (Å²) in [6.45, 7) is 3.18. The Kier molecular flexibility index (Phi) is 4.38. The van der Waals surface area contributed by atoms with Crippen molar-refractivity contribution in [2.45, 2.75) is 19.4 Å². The molecule has 2 aromatic rings. The van der Waals surface area contributed by atoms with E-state index in [4.69, 9.17) is 0 Å². The van der Waals surface area contributed by atoms with Crippen LogP contribution in [-0.4, -0.2) is 17.9 Å². The quantitative estimate of drug-likeness (QED) is 0.828. The van der Waals surface area contributed by atoms with Crippen molar-refractivity contribution in [1.29, 1.82) is 0 Å². The fourth-order valence-electron chi connectivity index (χ4n) is 1.90. The van der Waals surface area contributed by atoms with Crippen LogP contribution in [0.3, 0.4) is 0 Å². The number of likely N-dealkylation sites (N-methyl/N-ethyl adjacent to an activating group) is 1. The number of hydrogen-bond donors (Lipinski definition) is 1. The highest BCUT2D eigenvalue weighted by Crippen LogP contribution is 2.22. The SMILES string of the molecule is CCNC(CBr)Cc1ccc2sccc2c1. The summed E-state index contributed by atoms with van der Waals surface area (Å²) in [7, 11) is 0. The Labute approximate surface area is 109 Å². The van der Waals surface area contributed by atoms with E-state index < -0.39 is 0 Å². The molecule has 0 aliphatic rings. The smallest absolute Gasteiger partial charge is 0.0342 e. The minimum absolute atomic E-state index is 0.529. The molecule has 0 aliphatic carbocycles. The number of alkyl halides is 1. The van der Waals surface area contributed by atoms with E-state index in [1.807, 2.05) is 0 Å². The van der Waals surface area contributed by atoms with Crippen molar-refractivity contribution < 1.29 is 0 Å². The van der Waals surface area contributed by atoms with Crippen LogP contribution in [0.25, 0.3) is 10.1 Å². The van der Waals surface area contributed by atoms with Crippen LogP contribution >= 0.6 is 27.3 Å². The summed E-state index contributed by atoms with van der Waals surface area (Å²) in [5, 5.41) is 8.00. The lowest BCUT2D eigenvalue weighted by Crippen LogP contribution is -2.32. The van der Waals surface area contributed by atoms with E-state index in [1.54, 1.807) is 11.3 Å². The lowest BCUT2D eigenvalue weighted by molar-refractivity contribution is 0.575. The maximum atomic E-state index is 3.56. The summed E-state index contributed by atoms with van der Waals surface area (Å²) < 4.78 is 1.38. The van der Waals surface area contributed by atoms with E-state index in [9.17, 15) is 0 Å². The average Bonchev–Trinajstić information content (AvgIpc) is 2.75. The molecule has 0 aliphatic heterocycles. The molecule has 1 N–H and O–H groups in total. The van der Waals surface area contributed by atoms with Gasteiger partial charge in [0.2, 0.25) is 0 Å². The van der Waals surface area contributed by atoms with Crippen molar-refractivity contribution in [1.82, 2.24) is 5.32 Å². The first-order valence-electron chi connectivity index (χ1n) is 5.59. The van der Waals surface area contributed by atoms with Gasteiger partial charge in [-0.3, -0.25) is 0 Å². The Hall–Kier alpha value is -0.380. The van der Waals surface area contributed by atoms with Crippen molar-refractivity contribution in [2.75, 3.05) is 11.9 Å². The zero-order valence-corrected chi connectivity index (χ0v) is 11.8. The first-order valence-corrected chi connectivity index (χ1v) is 7.59. The predicted octanol–water partition coefficient (Wildman–Crippen LogP) is 3.82. The van der Waals surface area contributed by atoms with Crippen LogP contribution in [0.4, 0.5) is 0 Å². The van der Waals surface area contributed by atoms with Gasteiger partial charge in [0, 0.05) is 16.1 Å². The lowest BCUT2D eigenvalue weighted by atomic mass is 10.1. The van der Waals surface area contributed by atoms with Gasteiger partial charge in [-0.25, -0.2) is 0 Å². The molecule has 1 unspecified atom stereocenters. The summed E-state index contributed by atoms with van der Waals surface area (Å²) >= 11 is 5.36. The molecule has 1 aromatic heterocycles. The Bertz CT molecular complexity index is 452. The Morgan fingerprint density at radius 3 is 3.00 bits per heavy atom. The molecule has 1 aromatic carbocycles. The minimum Gasteiger partial charge on any atom is -0.313 e. The predicted molar refractivity (Wildman–Crippen MR) is 76.8 cm³/mol. The summed E-state index contributed by atoms with van der Waals surface area (Å²) in [6.07, 6.45) is 1.09. The van der Waals surface area contributed by atoms with Gasteiger partial charge in [-0.15, -0.1) is 11.3 Å². The third kappa shape index (κ3) is 2.84. The van der Waals surface area contributed by atoms with Gasteiger partial charge in [-0.05, 0) is 41.4 Å². The van der Waals surface area contributed by atoms with E-state index >= 15 is 0 Å². The molecule has 0 saturated heterocycles. The van der Waals surface area contributed by atoms with E-state index in [0.29, 0.717) is 6.04 Å². The van der Waals surface area contributed by atoms with Crippen molar-refractivity contribution in [3.8, 4) is 0 Å². The number of nitrogens with one attached hydrogen (secondary N) is 1. The highest BCUT2D eigenvalue weighted by molar-refractivity contribution is 9.09. The van der Waals surface area contributed by atoms with E-state index in [1.165, 1.54) is 15.6 Å². The molecule has 2 rings (SSSR count). The summed E-state index contributed by atoms with van der Waals surface area (Å²) in [5.74, 6) is 0. The van der Waals surface area contributed by atoms with Crippen LogP contribution in [0.5, 0.6) is 0 Å². The number of hydrogen-bond acceptors (Lipinski definition) is 2. The van der Waals surface area contributed by atoms with Crippen LogP contribution in [-0.2, 0) is 6.42 Å². The fraction of sp³-hybridized carbons (Fsp3) is 0.385. The number of thiophene rings is 1. The van der Waals surface area contributed by atoms with Gasteiger partial charge in [-0.1, -0.05) is 35.0 Å². The minimum atomic E-state index is 0.529. The van der Waals surface area contributed by atoms with Gasteiger partial charge in [0.15, 0.2) is 0 Å². The molecule has 0 bridgehead atoms. The molecule has 3 heteroatoms. The molecule has 1 heterocycles. The summed E-state index contributed by atoms with van der Waals surface area (Å²) in [4.78, 5) is 0. The van der Waals surface area contributed by atoms with E-state index in [0.717, 1.165) is 18.3 Å². The Morgan fingerprint density at radius 2 is 2.25 bits per heavy atom. The highest BCUT2D eigenvalue weighted by atomic mass is 79.9. The molecule has 86 valence electrons. The largest absolute Gasteiger partial charge is 0.313 e. The highest BCUT2D eigenvalue weighted by Gasteiger charge is 2.07. The van der Waals surface area contributed by atoms with Crippen molar-refractivity contribution >= 4 is 37.4 Å². The molecule has 0 amide bonds. The fourth-order valence-corrected chi connectivity index (χ4v) is 3.13. The van der Waals surface area contributed by atoms with Crippen LogP contribution in [0.1, 0.15) is 12.5 Å². The zero-order valence-electron chi connectivity index (χ0n) is 9.37. The van der Waals surface area contributed by atoms with Gasteiger partial charge >= 0.3 is 0 Å². The van der Waals surface area contributed by atoms with Gasteiger partial charge in [-0.2, -0.15) is 0 Å². The first kappa shape index (κ1) is 12.1. The van der Waals surface area contributed by atoms with Gasteiger partial charge < -0.3 is 5.32 Å². The van der Waals surface area contributed by atoms with Gasteiger partial charge in [0.1, 0.15) is 0 Å². The summed E-state index contributed by atoms with van der Waals surface area (Å²) in [5.41, 5.74) is 1.41. The van der Waals surface area contributed by atoms with Gasteiger partial charge in [0.05, 0.1) is 0 Å². The zero-order chi connectivity index (χ0) is 11.4. The number of fused-ring (bicyclic) bond motifs is 1. The normalized spacial score (nSPS) is 13.1. The molecule has 0 saturated carbocycles. The maximum absolute atomic E-state index is 3.56. The number of benzene rings is 1. The van der Waals surface area contributed by atoms with Crippen LogP contribution < -0.4 is 5.32 Å². The molecule has 0 spiro atoms. The molecule has 0 fully saturated rings. The number of halogens is 1. The van der Waals surface area contributed by atoms with E-state index in [2.05, 4.69) is 57.8 Å². The topological polar surface area (TPSA) is 12.0 Å². The Morgan fingerprint density at radius 1 is 1.38 bits per heavy atom. The molecular weight excluding hydrogens is 282 g/mol. The van der Waals surface area contributed by atoms with Crippen LogP contribution in [0.15, 0.2) is 29.6 Å². The molecule has 16 heavy (non-hydrogen) atoms. The second-order valence-corrected chi connectivity index (χ2v) is 5.50. The third-order valence-corrected chi connectivity index (χ3v) is 4.36. The monoisotopic (exact) mass is 297 g/mol. The molecule has 1 atom stereocenters. The Balaban J connectivity index is 2.13. The molecular formula is C13H16BrNS. The van der Waals surface area contributed by atoms with Crippen LogP contribution in [0.2, 0.25) is 0 Å². The van der Waals surface area contributed by atoms with E-state index in [-0.39, 0.29) is 0 Å². The molecule has 0 radical (unpaired) electrons. The second kappa shape index (κ2) is 5.80. The standard InChI is InChI=1S/C13H16BrNS/c1-2-15-12(9-14)8-10-3-4-13-11(7-10)5-6-16-13/h3-7,12,15H,2,8-9H2,1H3. The van der Waals surface area contributed by atoms with Crippen molar-refractivity contribution in [3.05, 3.63) is 35.2 Å². The molecule has 1 nitrogen and oxygen atoms in total. The second-order valence-electron chi connectivity index (χ2n) is 3.91. The lowest BCUT2D eigenvalue weighted by Gasteiger charge is -2.14. The maximum Gasteiger partial charge on any atom is 0.0342 e. The van der Waals surface area contributed by atoms with Crippen LogP contribution in [0, 0.1) is 0 Å². The average molecular weight is 298 g/mol. The summed E-state index contributed by atoms with van der Waals surface area (Å²) in [6, 6.07) is 9.50. The van der Waals surface area contributed by atoms with Crippen molar-refractivity contribution in [3.63, 3.8) is 0 Å². The van der Waals surface area contributed by atoms with Crippen molar-refractivity contribution in [2.24, 2.45) is 0 Å². The van der Waals surface area contributed by atoms with Gasteiger partial charge in [0.25, 0.3) is 0 Å². The third-order valence-electron chi connectivity index (χ3n) is 2.68. The first-order chi connectivity index (χ1) is 7.83. The number of rotatable bonds is 5.